The molecule has 0 atom stereocenters. The van der Waals surface area contributed by atoms with Crippen LogP contribution in [0.4, 0.5) is 0 Å². The predicted molar refractivity (Wildman–Crippen MR) is 71.5 cm³/mol. The van der Waals surface area contributed by atoms with Crippen LogP contribution in [0.1, 0.15) is 32.3 Å². The van der Waals surface area contributed by atoms with Crippen molar-refractivity contribution in [2.75, 3.05) is 19.8 Å². The van der Waals surface area contributed by atoms with Gasteiger partial charge in [0, 0.05) is 6.61 Å². The molecule has 18 heavy (non-hydrogen) atoms. The quantitative estimate of drug-likeness (QED) is 0.661. The van der Waals surface area contributed by atoms with E-state index in [-0.39, 0.29) is 0 Å². The number of rotatable bonds is 8. The largest absolute Gasteiger partial charge is 0.491 e. The summed E-state index contributed by atoms with van der Waals surface area (Å²) >= 11 is 0. The molecule has 3 heteroatoms. The molecule has 0 radical (unpaired) electrons. The molecule has 0 heterocycles. The van der Waals surface area contributed by atoms with Crippen LogP contribution in [0.2, 0.25) is 0 Å². The summed E-state index contributed by atoms with van der Waals surface area (Å²) in [5.74, 6) is 1.43. The monoisotopic (exact) mass is 247 g/mol. The Bertz CT molecular complexity index is 363. The first-order valence-electron chi connectivity index (χ1n) is 6.50. The molecule has 0 aromatic heterocycles. The van der Waals surface area contributed by atoms with E-state index in [0.29, 0.717) is 24.7 Å². The molecule has 1 aromatic rings. The Balaban J connectivity index is 2.16. The normalized spacial score (nSPS) is 10.3. The maximum atomic E-state index is 8.66. The fourth-order valence-corrected chi connectivity index (χ4v) is 1.62. The Morgan fingerprint density at radius 2 is 1.78 bits per heavy atom. The molecular formula is C15H21NO2. The number of hydrogen-bond acceptors (Lipinski definition) is 3. The van der Waals surface area contributed by atoms with Crippen LogP contribution in [0.3, 0.4) is 0 Å². The minimum Gasteiger partial charge on any atom is -0.491 e. The number of nitriles is 1. The zero-order valence-corrected chi connectivity index (χ0v) is 11.2. The molecule has 0 N–H and O–H groups in total. The van der Waals surface area contributed by atoms with Crippen molar-refractivity contribution in [1.82, 2.24) is 0 Å². The molecular weight excluding hydrogens is 226 g/mol. The van der Waals surface area contributed by atoms with Gasteiger partial charge in [0.25, 0.3) is 0 Å². The second-order valence-electron chi connectivity index (χ2n) is 4.24. The lowest BCUT2D eigenvalue weighted by atomic mass is 10.1. The average molecular weight is 247 g/mol. The van der Waals surface area contributed by atoms with Crippen molar-refractivity contribution in [2.45, 2.75) is 26.7 Å². The van der Waals surface area contributed by atoms with Crippen molar-refractivity contribution in [2.24, 2.45) is 5.92 Å². The fourth-order valence-electron chi connectivity index (χ4n) is 1.62. The first kappa shape index (κ1) is 14.5. The summed E-state index contributed by atoms with van der Waals surface area (Å²) in [7, 11) is 0. The standard InChI is InChI=1S/C15H21NO2/c1-3-13(4-2)12-17-9-10-18-15-7-5-14(11-16)6-8-15/h5-8,13H,3-4,9-10,12H2,1-2H3. The minimum absolute atomic E-state index is 0.548. The van der Waals surface area contributed by atoms with E-state index in [9.17, 15) is 0 Å². The lowest BCUT2D eigenvalue weighted by molar-refractivity contribution is 0.0718. The van der Waals surface area contributed by atoms with E-state index in [1.54, 1.807) is 24.3 Å². The van der Waals surface area contributed by atoms with Gasteiger partial charge in [0.2, 0.25) is 0 Å². The van der Waals surface area contributed by atoms with E-state index in [2.05, 4.69) is 19.9 Å². The van der Waals surface area contributed by atoms with Crippen LogP contribution in [-0.2, 0) is 4.74 Å². The molecule has 0 bridgehead atoms. The molecule has 0 unspecified atom stereocenters. The molecule has 0 saturated carbocycles. The van der Waals surface area contributed by atoms with Crippen molar-refractivity contribution >= 4 is 0 Å². The highest BCUT2D eigenvalue weighted by molar-refractivity contribution is 5.34. The summed E-state index contributed by atoms with van der Waals surface area (Å²) < 4.78 is 11.1. The second-order valence-corrected chi connectivity index (χ2v) is 4.24. The third kappa shape index (κ3) is 5.20. The Kier molecular flexibility index (Phi) is 6.90. The first-order chi connectivity index (χ1) is 8.80. The molecule has 0 spiro atoms. The van der Waals surface area contributed by atoms with Crippen LogP contribution < -0.4 is 4.74 Å². The summed E-state index contributed by atoms with van der Waals surface area (Å²) in [5.41, 5.74) is 0.646. The van der Waals surface area contributed by atoms with Crippen molar-refractivity contribution in [3.05, 3.63) is 29.8 Å². The van der Waals surface area contributed by atoms with Crippen LogP contribution in [0.15, 0.2) is 24.3 Å². The van der Waals surface area contributed by atoms with E-state index in [0.717, 1.165) is 25.2 Å². The third-order valence-electron chi connectivity index (χ3n) is 2.99. The van der Waals surface area contributed by atoms with E-state index in [4.69, 9.17) is 14.7 Å². The Labute approximate surface area is 109 Å². The van der Waals surface area contributed by atoms with Gasteiger partial charge in [-0.1, -0.05) is 26.7 Å². The molecule has 0 amide bonds. The summed E-state index contributed by atoms with van der Waals surface area (Å²) in [6, 6.07) is 9.19. The lowest BCUT2D eigenvalue weighted by Crippen LogP contribution is -2.12. The summed E-state index contributed by atoms with van der Waals surface area (Å²) in [5, 5.41) is 8.66. The van der Waals surface area contributed by atoms with Gasteiger partial charge in [-0.05, 0) is 30.2 Å². The van der Waals surface area contributed by atoms with Gasteiger partial charge in [-0.15, -0.1) is 0 Å². The smallest absolute Gasteiger partial charge is 0.119 e. The van der Waals surface area contributed by atoms with Gasteiger partial charge in [-0.3, -0.25) is 0 Å². The predicted octanol–water partition coefficient (Wildman–Crippen LogP) is 3.39. The maximum Gasteiger partial charge on any atom is 0.119 e. The van der Waals surface area contributed by atoms with Gasteiger partial charge in [0.15, 0.2) is 0 Å². The SMILES string of the molecule is CCC(CC)COCCOc1ccc(C#N)cc1. The molecule has 0 aliphatic rings. The molecule has 0 aliphatic heterocycles. The topological polar surface area (TPSA) is 42.2 Å². The van der Waals surface area contributed by atoms with Gasteiger partial charge in [0.1, 0.15) is 12.4 Å². The van der Waals surface area contributed by atoms with Crippen molar-refractivity contribution in [3.63, 3.8) is 0 Å². The number of ether oxygens (including phenoxy) is 2. The Morgan fingerprint density at radius 1 is 1.11 bits per heavy atom. The van der Waals surface area contributed by atoms with Crippen LogP contribution in [0.5, 0.6) is 5.75 Å². The highest BCUT2D eigenvalue weighted by Crippen LogP contribution is 2.11. The molecule has 0 aliphatic carbocycles. The Morgan fingerprint density at radius 3 is 2.33 bits per heavy atom. The molecule has 0 fully saturated rings. The maximum absolute atomic E-state index is 8.66. The number of nitrogens with zero attached hydrogens (tertiary/aromatic N) is 1. The zero-order valence-electron chi connectivity index (χ0n) is 11.2. The zero-order chi connectivity index (χ0) is 13.2. The minimum atomic E-state index is 0.548. The molecule has 0 saturated heterocycles. The Hall–Kier alpha value is -1.53. The third-order valence-corrected chi connectivity index (χ3v) is 2.99. The van der Waals surface area contributed by atoms with Gasteiger partial charge < -0.3 is 9.47 Å². The van der Waals surface area contributed by atoms with E-state index in [1.165, 1.54) is 0 Å². The van der Waals surface area contributed by atoms with Crippen LogP contribution in [-0.4, -0.2) is 19.8 Å². The van der Waals surface area contributed by atoms with Crippen LogP contribution >= 0.6 is 0 Å². The summed E-state index contributed by atoms with van der Waals surface area (Å²) in [6.45, 7) is 6.34. The van der Waals surface area contributed by atoms with E-state index in [1.807, 2.05) is 0 Å². The highest BCUT2D eigenvalue weighted by atomic mass is 16.5. The van der Waals surface area contributed by atoms with Gasteiger partial charge in [0.05, 0.1) is 18.2 Å². The molecule has 1 aromatic carbocycles. The van der Waals surface area contributed by atoms with Crippen molar-refractivity contribution < 1.29 is 9.47 Å². The summed E-state index contributed by atoms with van der Waals surface area (Å²) in [6.07, 6.45) is 2.32. The average Bonchev–Trinajstić information content (AvgIpc) is 2.43. The van der Waals surface area contributed by atoms with Crippen molar-refractivity contribution in [3.8, 4) is 11.8 Å². The second kappa shape index (κ2) is 8.54. The van der Waals surface area contributed by atoms with Gasteiger partial charge in [-0.2, -0.15) is 5.26 Å². The van der Waals surface area contributed by atoms with Gasteiger partial charge in [-0.25, -0.2) is 0 Å². The summed E-state index contributed by atoms with van der Waals surface area (Å²) in [4.78, 5) is 0. The van der Waals surface area contributed by atoms with Gasteiger partial charge >= 0.3 is 0 Å². The van der Waals surface area contributed by atoms with E-state index >= 15 is 0 Å². The molecule has 98 valence electrons. The van der Waals surface area contributed by atoms with Crippen molar-refractivity contribution in [1.29, 1.82) is 5.26 Å². The van der Waals surface area contributed by atoms with E-state index < -0.39 is 0 Å². The molecule has 1 rings (SSSR count). The van der Waals surface area contributed by atoms with Crippen LogP contribution in [0.25, 0.3) is 0 Å². The fraction of sp³-hybridized carbons (Fsp3) is 0.533. The highest BCUT2D eigenvalue weighted by Gasteiger charge is 2.02. The first-order valence-corrected chi connectivity index (χ1v) is 6.50. The lowest BCUT2D eigenvalue weighted by Gasteiger charge is -2.12. The number of hydrogen-bond donors (Lipinski definition) is 0. The van der Waals surface area contributed by atoms with Crippen LogP contribution in [0, 0.1) is 17.2 Å². The molecule has 3 nitrogen and oxygen atoms in total. The number of benzene rings is 1.